The van der Waals surface area contributed by atoms with Gasteiger partial charge in [-0.2, -0.15) is 13.2 Å². The summed E-state index contributed by atoms with van der Waals surface area (Å²) in [4.78, 5) is 0. The molecule has 19 heavy (non-hydrogen) atoms. The minimum atomic E-state index is -4.33. The van der Waals surface area contributed by atoms with E-state index in [1.165, 1.54) is 6.07 Å². The molecule has 0 aliphatic heterocycles. The molecule has 0 bridgehead atoms. The van der Waals surface area contributed by atoms with E-state index >= 15 is 0 Å². The summed E-state index contributed by atoms with van der Waals surface area (Å²) in [7, 11) is 0. The number of ether oxygens (including phenoxy) is 1. The summed E-state index contributed by atoms with van der Waals surface area (Å²) in [5, 5.41) is 0. The van der Waals surface area contributed by atoms with Gasteiger partial charge in [0.25, 0.3) is 0 Å². The van der Waals surface area contributed by atoms with Crippen molar-refractivity contribution in [2.24, 2.45) is 5.73 Å². The molecule has 0 heterocycles. The maximum absolute atomic E-state index is 12.6. The van der Waals surface area contributed by atoms with E-state index in [2.05, 4.69) is 0 Å². The van der Waals surface area contributed by atoms with Crippen LogP contribution in [0.2, 0.25) is 0 Å². The van der Waals surface area contributed by atoms with E-state index in [1.807, 2.05) is 20.8 Å². The Morgan fingerprint density at radius 3 is 2.26 bits per heavy atom. The Balaban J connectivity index is 3.10. The number of alkyl halides is 3. The van der Waals surface area contributed by atoms with Crippen LogP contribution in [0, 0.1) is 6.92 Å². The number of aryl methyl sites for hydroxylation is 1. The number of nitrogens with two attached hydrogens (primary N) is 1. The fourth-order valence-corrected chi connectivity index (χ4v) is 2.04. The lowest BCUT2D eigenvalue weighted by atomic mass is 9.89. The molecule has 0 aromatic heterocycles. The molecule has 0 aliphatic rings. The van der Waals surface area contributed by atoms with Crippen LogP contribution in [0.4, 0.5) is 13.2 Å². The molecule has 0 saturated heterocycles. The van der Waals surface area contributed by atoms with Gasteiger partial charge in [0.15, 0.2) is 0 Å². The molecule has 2 nitrogen and oxygen atoms in total. The first-order valence-electron chi connectivity index (χ1n) is 6.17. The Kier molecular flexibility index (Phi) is 4.63. The molecule has 0 radical (unpaired) electrons. The molecule has 108 valence electrons. The fraction of sp³-hybridized carbons (Fsp3) is 0.571. The topological polar surface area (TPSA) is 35.2 Å². The highest BCUT2D eigenvalue weighted by molar-refractivity contribution is 5.35. The van der Waals surface area contributed by atoms with E-state index in [0.717, 1.165) is 12.1 Å². The molecule has 0 amide bonds. The van der Waals surface area contributed by atoms with Gasteiger partial charge in [0.05, 0.1) is 17.2 Å². The molecule has 1 aromatic rings. The van der Waals surface area contributed by atoms with Gasteiger partial charge in [-0.15, -0.1) is 0 Å². The Hall–Kier alpha value is -1.07. The molecule has 0 saturated carbocycles. The average molecular weight is 275 g/mol. The summed E-state index contributed by atoms with van der Waals surface area (Å²) in [5.41, 5.74) is 6.03. The maximum atomic E-state index is 12.6. The van der Waals surface area contributed by atoms with E-state index in [9.17, 15) is 13.2 Å². The summed E-state index contributed by atoms with van der Waals surface area (Å²) in [6, 6.07) is 3.14. The summed E-state index contributed by atoms with van der Waals surface area (Å²) in [6.07, 6.45) is -4.33. The predicted molar refractivity (Wildman–Crippen MR) is 68.8 cm³/mol. The van der Waals surface area contributed by atoms with E-state index < -0.39 is 23.4 Å². The molecule has 0 aliphatic carbocycles. The van der Waals surface area contributed by atoms with E-state index in [0.29, 0.717) is 17.7 Å². The number of halogens is 3. The molecule has 1 unspecified atom stereocenters. The largest absolute Gasteiger partial charge is 0.416 e. The summed E-state index contributed by atoms with van der Waals surface area (Å²) >= 11 is 0. The van der Waals surface area contributed by atoms with Gasteiger partial charge in [0.2, 0.25) is 0 Å². The molecule has 0 fully saturated rings. The van der Waals surface area contributed by atoms with Crippen LogP contribution >= 0.6 is 0 Å². The highest BCUT2D eigenvalue weighted by atomic mass is 19.4. The van der Waals surface area contributed by atoms with Crippen molar-refractivity contribution in [3.05, 3.63) is 34.9 Å². The SMILES string of the molecule is CCOC(C)(C)C(N)c1ccc(C(F)(F)F)cc1C. The van der Waals surface area contributed by atoms with Crippen LogP contribution in [0.5, 0.6) is 0 Å². The van der Waals surface area contributed by atoms with E-state index in [1.54, 1.807) is 6.92 Å². The van der Waals surface area contributed by atoms with Crippen molar-refractivity contribution in [2.75, 3.05) is 6.61 Å². The van der Waals surface area contributed by atoms with Gasteiger partial charge in [-0.1, -0.05) is 6.07 Å². The zero-order valence-electron chi connectivity index (χ0n) is 11.6. The Morgan fingerprint density at radius 2 is 1.84 bits per heavy atom. The second kappa shape index (κ2) is 5.51. The fourth-order valence-electron chi connectivity index (χ4n) is 2.04. The number of hydrogen-bond donors (Lipinski definition) is 1. The highest BCUT2D eigenvalue weighted by Crippen LogP contribution is 2.34. The zero-order valence-corrected chi connectivity index (χ0v) is 11.6. The van der Waals surface area contributed by atoms with Crippen LogP contribution in [-0.4, -0.2) is 12.2 Å². The van der Waals surface area contributed by atoms with Gasteiger partial charge in [-0.25, -0.2) is 0 Å². The standard InChI is InChI=1S/C14H20F3NO/c1-5-19-13(3,4)12(18)11-7-6-10(8-9(11)2)14(15,16)17/h6-8,12H,5,18H2,1-4H3. The first-order chi connectivity index (χ1) is 8.59. The Morgan fingerprint density at radius 1 is 1.26 bits per heavy atom. The second-order valence-corrected chi connectivity index (χ2v) is 5.08. The minimum absolute atomic E-state index is 0.477. The van der Waals surface area contributed by atoms with Crippen LogP contribution in [0.3, 0.4) is 0 Å². The number of hydrogen-bond acceptors (Lipinski definition) is 2. The molecular formula is C14H20F3NO. The smallest absolute Gasteiger partial charge is 0.374 e. The Bertz CT molecular complexity index is 441. The quantitative estimate of drug-likeness (QED) is 0.906. The minimum Gasteiger partial charge on any atom is -0.374 e. The van der Waals surface area contributed by atoms with Gasteiger partial charge in [-0.3, -0.25) is 0 Å². The molecular weight excluding hydrogens is 255 g/mol. The lowest BCUT2D eigenvalue weighted by molar-refractivity contribution is -0.137. The molecule has 5 heteroatoms. The number of rotatable bonds is 4. The maximum Gasteiger partial charge on any atom is 0.416 e. The van der Waals surface area contributed by atoms with E-state index in [-0.39, 0.29) is 0 Å². The van der Waals surface area contributed by atoms with Gasteiger partial charge >= 0.3 is 6.18 Å². The third-order valence-corrected chi connectivity index (χ3v) is 3.20. The van der Waals surface area contributed by atoms with Crippen molar-refractivity contribution in [2.45, 2.75) is 45.5 Å². The van der Waals surface area contributed by atoms with Crippen LogP contribution < -0.4 is 5.73 Å². The molecule has 1 rings (SSSR count). The third kappa shape index (κ3) is 3.70. The summed E-state index contributed by atoms with van der Waals surface area (Å²) in [6.45, 7) is 7.65. The molecule has 0 spiro atoms. The Labute approximate surface area is 111 Å². The number of benzene rings is 1. The summed E-state index contributed by atoms with van der Waals surface area (Å²) in [5.74, 6) is 0. The van der Waals surface area contributed by atoms with Crippen molar-refractivity contribution in [1.29, 1.82) is 0 Å². The molecule has 1 aromatic carbocycles. The van der Waals surface area contributed by atoms with Crippen LogP contribution in [0.1, 0.15) is 43.5 Å². The average Bonchev–Trinajstić information content (AvgIpc) is 2.26. The van der Waals surface area contributed by atoms with Gasteiger partial charge < -0.3 is 10.5 Å². The second-order valence-electron chi connectivity index (χ2n) is 5.08. The highest BCUT2D eigenvalue weighted by Gasteiger charge is 2.33. The van der Waals surface area contributed by atoms with Crippen molar-refractivity contribution >= 4 is 0 Å². The van der Waals surface area contributed by atoms with Crippen molar-refractivity contribution in [3.8, 4) is 0 Å². The van der Waals surface area contributed by atoms with Crippen LogP contribution in [-0.2, 0) is 10.9 Å². The molecule has 2 N–H and O–H groups in total. The van der Waals surface area contributed by atoms with Crippen molar-refractivity contribution in [3.63, 3.8) is 0 Å². The van der Waals surface area contributed by atoms with Crippen molar-refractivity contribution < 1.29 is 17.9 Å². The third-order valence-electron chi connectivity index (χ3n) is 3.20. The first kappa shape index (κ1) is 16.0. The van der Waals surface area contributed by atoms with Gasteiger partial charge in [0, 0.05) is 6.61 Å². The molecule has 1 atom stereocenters. The zero-order chi connectivity index (χ0) is 14.8. The predicted octanol–water partition coefficient (Wildman–Crippen LogP) is 3.83. The normalized spacial score (nSPS) is 14.5. The van der Waals surface area contributed by atoms with Crippen molar-refractivity contribution in [1.82, 2.24) is 0 Å². The first-order valence-corrected chi connectivity index (χ1v) is 6.17. The van der Waals surface area contributed by atoms with Gasteiger partial charge in [-0.05, 0) is 51.0 Å². The summed E-state index contributed by atoms with van der Waals surface area (Å²) < 4.78 is 43.3. The van der Waals surface area contributed by atoms with E-state index in [4.69, 9.17) is 10.5 Å². The monoisotopic (exact) mass is 275 g/mol. The van der Waals surface area contributed by atoms with Crippen LogP contribution in [0.25, 0.3) is 0 Å². The lowest BCUT2D eigenvalue weighted by Gasteiger charge is -2.32. The van der Waals surface area contributed by atoms with Crippen LogP contribution in [0.15, 0.2) is 18.2 Å². The van der Waals surface area contributed by atoms with Gasteiger partial charge in [0.1, 0.15) is 0 Å². The lowest BCUT2D eigenvalue weighted by Crippen LogP contribution is -2.38.